The van der Waals surface area contributed by atoms with Crippen molar-refractivity contribution in [2.45, 2.75) is 38.5 Å². The lowest BCUT2D eigenvalue weighted by atomic mass is 9.76. The number of benzene rings is 4. The van der Waals surface area contributed by atoms with Gasteiger partial charge in [-0.1, -0.05) is 76.2 Å². The van der Waals surface area contributed by atoms with E-state index in [0.29, 0.717) is 0 Å². The summed E-state index contributed by atoms with van der Waals surface area (Å²) < 4.78 is 0. The van der Waals surface area contributed by atoms with E-state index in [1.165, 1.54) is 49.7 Å². The van der Waals surface area contributed by atoms with E-state index in [4.69, 9.17) is 0 Å². The summed E-state index contributed by atoms with van der Waals surface area (Å²) in [5.74, 6) is 0. The molecule has 0 amide bonds. The fourth-order valence-corrected chi connectivity index (χ4v) is 6.14. The molecule has 4 aromatic carbocycles. The van der Waals surface area contributed by atoms with Crippen LogP contribution in [0.25, 0.3) is 21.5 Å². The zero-order valence-electron chi connectivity index (χ0n) is 19.2. The van der Waals surface area contributed by atoms with Crippen molar-refractivity contribution >= 4 is 38.6 Å². The van der Waals surface area contributed by atoms with Gasteiger partial charge in [0.05, 0.1) is 0 Å². The molecular weight excluding hydrogens is 376 g/mol. The number of likely N-dealkylation sites (N-methyl/N-ethyl adjacent to an activating group) is 1. The second kappa shape index (κ2) is 6.03. The smallest absolute Gasteiger partial charge is 0.0493 e. The fourth-order valence-electron chi connectivity index (χ4n) is 6.14. The summed E-state index contributed by atoms with van der Waals surface area (Å²) in [4.78, 5) is 5.00. The number of rotatable bonds is 1. The Morgan fingerprint density at radius 3 is 2.06 bits per heavy atom. The van der Waals surface area contributed by atoms with Crippen LogP contribution >= 0.6 is 0 Å². The van der Waals surface area contributed by atoms with Gasteiger partial charge in [-0.05, 0) is 34.7 Å². The number of hydrogen-bond acceptors (Lipinski definition) is 2. The van der Waals surface area contributed by atoms with Crippen LogP contribution in [0, 0.1) is 0 Å². The Morgan fingerprint density at radius 1 is 0.613 bits per heavy atom. The second-order valence-electron chi connectivity index (χ2n) is 10.7. The summed E-state index contributed by atoms with van der Waals surface area (Å²) in [6.45, 7) is 11.5. The minimum atomic E-state index is 0.0730. The Morgan fingerprint density at radius 2 is 1.26 bits per heavy atom. The van der Waals surface area contributed by atoms with E-state index in [0.717, 1.165) is 13.1 Å². The SMILES string of the molecule is CN1CC(C)(C)c2ccc(N3CC(C)(C)c4cccc5cccc3c45)c3cccc1c23. The molecule has 0 aliphatic carbocycles. The molecule has 0 atom stereocenters. The van der Waals surface area contributed by atoms with E-state index in [1.54, 1.807) is 0 Å². The molecule has 2 heterocycles. The van der Waals surface area contributed by atoms with Gasteiger partial charge in [-0.25, -0.2) is 0 Å². The molecule has 0 saturated heterocycles. The normalized spacial score (nSPS) is 18.6. The number of hydrogen-bond donors (Lipinski definition) is 0. The van der Waals surface area contributed by atoms with Crippen LogP contribution in [0.2, 0.25) is 0 Å². The molecule has 6 rings (SSSR count). The highest BCUT2D eigenvalue weighted by atomic mass is 15.2. The molecule has 31 heavy (non-hydrogen) atoms. The quantitative estimate of drug-likeness (QED) is 0.331. The highest BCUT2D eigenvalue weighted by Crippen LogP contribution is 2.49. The average Bonchev–Trinajstić information content (AvgIpc) is 2.74. The van der Waals surface area contributed by atoms with E-state index in [2.05, 4.69) is 111 Å². The zero-order chi connectivity index (χ0) is 21.5. The van der Waals surface area contributed by atoms with E-state index >= 15 is 0 Å². The Labute approximate surface area is 185 Å². The zero-order valence-corrected chi connectivity index (χ0v) is 19.2. The summed E-state index contributed by atoms with van der Waals surface area (Å²) in [6, 6.07) is 25.1. The van der Waals surface area contributed by atoms with Crippen LogP contribution in [0.4, 0.5) is 17.1 Å². The molecule has 0 aromatic heterocycles. The van der Waals surface area contributed by atoms with Gasteiger partial charge in [-0.15, -0.1) is 0 Å². The summed E-state index contributed by atoms with van der Waals surface area (Å²) in [5, 5.41) is 5.51. The Bertz CT molecular complexity index is 1360. The molecule has 0 unspecified atom stereocenters. The van der Waals surface area contributed by atoms with Crippen molar-refractivity contribution in [1.82, 2.24) is 0 Å². The topological polar surface area (TPSA) is 6.48 Å². The monoisotopic (exact) mass is 406 g/mol. The van der Waals surface area contributed by atoms with Crippen LogP contribution in [-0.4, -0.2) is 20.1 Å². The van der Waals surface area contributed by atoms with Gasteiger partial charge in [-0.3, -0.25) is 0 Å². The first-order valence-corrected chi connectivity index (χ1v) is 11.4. The van der Waals surface area contributed by atoms with E-state index in [-0.39, 0.29) is 10.8 Å². The van der Waals surface area contributed by atoms with Crippen molar-refractivity contribution in [3.63, 3.8) is 0 Å². The first-order chi connectivity index (χ1) is 14.8. The molecule has 2 nitrogen and oxygen atoms in total. The standard InChI is InChI=1S/C29H30N2/c1-28(2)17-30(5)24-13-8-11-20-23(16-15-22(28)27(20)24)31-18-29(3,4)21-12-6-9-19-10-7-14-25(31)26(19)21/h6-16H,17-18H2,1-5H3. The molecule has 156 valence electrons. The average molecular weight is 407 g/mol. The molecule has 0 fully saturated rings. The van der Waals surface area contributed by atoms with Gasteiger partial charge < -0.3 is 9.80 Å². The van der Waals surface area contributed by atoms with Crippen LogP contribution in [0.3, 0.4) is 0 Å². The van der Waals surface area contributed by atoms with E-state index in [9.17, 15) is 0 Å². The van der Waals surface area contributed by atoms with Gasteiger partial charge >= 0.3 is 0 Å². The maximum atomic E-state index is 2.57. The summed E-state index contributed by atoms with van der Waals surface area (Å²) >= 11 is 0. The van der Waals surface area contributed by atoms with Gasteiger partial charge in [0.25, 0.3) is 0 Å². The third-order valence-electron chi connectivity index (χ3n) is 7.52. The molecule has 4 aromatic rings. The Hall–Kier alpha value is -3.00. The maximum absolute atomic E-state index is 2.57. The van der Waals surface area contributed by atoms with Crippen molar-refractivity contribution in [2.24, 2.45) is 0 Å². The van der Waals surface area contributed by atoms with E-state index < -0.39 is 0 Å². The molecule has 0 saturated carbocycles. The van der Waals surface area contributed by atoms with Gasteiger partial charge in [-0.2, -0.15) is 0 Å². The molecule has 2 aliphatic heterocycles. The van der Waals surface area contributed by atoms with Crippen molar-refractivity contribution < 1.29 is 0 Å². The first-order valence-electron chi connectivity index (χ1n) is 11.4. The Balaban J connectivity index is 1.68. The molecule has 2 aliphatic rings. The Kier molecular flexibility index (Phi) is 3.65. The molecule has 0 N–H and O–H groups in total. The number of nitrogens with zero attached hydrogens (tertiary/aromatic N) is 2. The van der Waals surface area contributed by atoms with Gasteiger partial charge in [0.2, 0.25) is 0 Å². The van der Waals surface area contributed by atoms with Crippen LogP contribution in [0.5, 0.6) is 0 Å². The van der Waals surface area contributed by atoms with Crippen molar-refractivity contribution in [3.05, 3.63) is 77.9 Å². The predicted octanol–water partition coefficient (Wildman–Crippen LogP) is 7.15. The first kappa shape index (κ1) is 18.7. The molecule has 2 heteroatoms. The minimum absolute atomic E-state index is 0.0730. The van der Waals surface area contributed by atoms with Crippen LogP contribution in [0.15, 0.2) is 66.7 Å². The highest BCUT2D eigenvalue weighted by Gasteiger charge is 2.36. The van der Waals surface area contributed by atoms with Gasteiger partial charge in [0.1, 0.15) is 0 Å². The van der Waals surface area contributed by atoms with Crippen LogP contribution in [-0.2, 0) is 10.8 Å². The van der Waals surface area contributed by atoms with Gasteiger partial charge in [0, 0.05) is 64.2 Å². The van der Waals surface area contributed by atoms with Crippen molar-refractivity contribution in [1.29, 1.82) is 0 Å². The minimum Gasteiger partial charge on any atom is -0.373 e. The van der Waals surface area contributed by atoms with Crippen molar-refractivity contribution in [2.75, 3.05) is 29.9 Å². The molecular formula is C29H30N2. The summed E-state index contributed by atoms with van der Waals surface area (Å²) in [7, 11) is 2.23. The second-order valence-corrected chi connectivity index (χ2v) is 10.7. The van der Waals surface area contributed by atoms with Crippen molar-refractivity contribution in [3.8, 4) is 0 Å². The van der Waals surface area contributed by atoms with Gasteiger partial charge in [0.15, 0.2) is 0 Å². The fraction of sp³-hybridized carbons (Fsp3) is 0.310. The van der Waals surface area contributed by atoms with E-state index in [1.807, 2.05) is 0 Å². The lowest BCUT2D eigenvalue weighted by Gasteiger charge is -2.43. The molecule has 0 bridgehead atoms. The third kappa shape index (κ3) is 2.51. The largest absolute Gasteiger partial charge is 0.373 e. The number of anilines is 3. The molecule has 0 radical (unpaired) electrons. The summed E-state index contributed by atoms with van der Waals surface area (Å²) in [5.41, 5.74) is 7.13. The lowest BCUT2D eigenvalue weighted by Crippen LogP contribution is -2.39. The van der Waals surface area contributed by atoms with Crippen LogP contribution in [0.1, 0.15) is 38.8 Å². The third-order valence-corrected chi connectivity index (χ3v) is 7.52. The lowest BCUT2D eigenvalue weighted by molar-refractivity contribution is 0.520. The molecule has 0 spiro atoms. The van der Waals surface area contributed by atoms with Crippen LogP contribution < -0.4 is 9.80 Å². The summed E-state index contributed by atoms with van der Waals surface area (Å²) in [6.07, 6.45) is 0. The maximum Gasteiger partial charge on any atom is 0.0493 e. The highest BCUT2D eigenvalue weighted by molar-refractivity contribution is 6.09. The predicted molar refractivity (Wildman–Crippen MR) is 134 cm³/mol.